The zero-order chi connectivity index (χ0) is 20.6. The fourth-order valence-electron chi connectivity index (χ4n) is 4.30. The van der Waals surface area contributed by atoms with Gasteiger partial charge in [0.15, 0.2) is 0 Å². The fraction of sp³-hybridized carbons (Fsp3) is 0.619. The van der Waals surface area contributed by atoms with E-state index < -0.39 is 0 Å². The monoisotopic (exact) mass is 398 g/mol. The van der Waals surface area contributed by atoms with Crippen LogP contribution in [0.2, 0.25) is 0 Å². The van der Waals surface area contributed by atoms with Gasteiger partial charge in [-0.15, -0.1) is 0 Å². The predicted molar refractivity (Wildman–Crippen MR) is 108 cm³/mol. The molecule has 29 heavy (non-hydrogen) atoms. The highest BCUT2D eigenvalue weighted by molar-refractivity contribution is 5.92. The highest BCUT2D eigenvalue weighted by atomic mass is 16.2. The molecule has 0 radical (unpaired) electrons. The van der Waals surface area contributed by atoms with E-state index in [-0.39, 0.29) is 23.4 Å². The minimum atomic E-state index is -0.116. The van der Waals surface area contributed by atoms with Crippen LogP contribution in [0.15, 0.2) is 24.8 Å². The van der Waals surface area contributed by atoms with E-state index in [9.17, 15) is 9.59 Å². The maximum Gasteiger partial charge on any atom is 0.271 e. The Hall–Kier alpha value is -2.64. The van der Waals surface area contributed by atoms with Crippen LogP contribution < -0.4 is 5.32 Å². The maximum atomic E-state index is 12.7. The topological polar surface area (TPSA) is 85.0 Å². The summed E-state index contributed by atoms with van der Waals surface area (Å²) in [5.41, 5.74) is 1.17. The molecule has 0 spiro atoms. The van der Waals surface area contributed by atoms with Crippen molar-refractivity contribution in [2.24, 2.45) is 13.0 Å². The smallest absolute Gasteiger partial charge is 0.271 e. The van der Waals surface area contributed by atoms with Crippen molar-refractivity contribution in [1.29, 1.82) is 0 Å². The Bertz CT molecular complexity index is 887. The van der Waals surface area contributed by atoms with Crippen LogP contribution in [0.25, 0.3) is 0 Å². The van der Waals surface area contributed by atoms with Gasteiger partial charge in [0.05, 0.1) is 18.4 Å². The molecule has 0 bridgehead atoms. The lowest BCUT2D eigenvalue weighted by atomic mass is 9.87. The first-order chi connectivity index (χ1) is 13.9. The van der Waals surface area contributed by atoms with E-state index in [4.69, 9.17) is 0 Å². The molecule has 0 aromatic carbocycles. The second-order valence-electron chi connectivity index (χ2n) is 8.72. The van der Waals surface area contributed by atoms with E-state index >= 15 is 0 Å². The summed E-state index contributed by atoms with van der Waals surface area (Å²) < 4.78 is 3.67. The number of aromatic nitrogens is 4. The predicted octanol–water partition coefficient (Wildman–Crippen LogP) is 1.94. The van der Waals surface area contributed by atoms with Crippen molar-refractivity contribution in [2.75, 3.05) is 13.1 Å². The summed E-state index contributed by atoms with van der Waals surface area (Å²) in [6, 6.07) is 2.17. The summed E-state index contributed by atoms with van der Waals surface area (Å²) in [4.78, 5) is 31.5. The van der Waals surface area contributed by atoms with Gasteiger partial charge in [-0.05, 0) is 51.5 Å². The van der Waals surface area contributed by atoms with Gasteiger partial charge in [0.2, 0.25) is 5.91 Å². The van der Waals surface area contributed by atoms with Gasteiger partial charge in [-0.25, -0.2) is 4.98 Å². The highest BCUT2D eigenvalue weighted by Crippen LogP contribution is 2.46. The molecule has 8 nitrogen and oxygen atoms in total. The number of nitrogens with zero attached hydrogens (tertiary/aromatic N) is 5. The Kier molecular flexibility index (Phi) is 5.19. The van der Waals surface area contributed by atoms with E-state index in [0.717, 1.165) is 44.5 Å². The van der Waals surface area contributed by atoms with E-state index in [1.165, 1.54) is 0 Å². The number of rotatable bonds is 6. The lowest BCUT2D eigenvalue weighted by Gasteiger charge is -2.36. The molecule has 2 fully saturated rings. The maximum absolute atomic E-state index is 12.7. The first-order valence-corrected chi connectivity index (χ1v) is 10.5. The molecule has 2 aliphatic rings. The first-order valence-electron chi connectivity index (χ1n) is 10.5. The van der Waals surface area contributed by atoms with Gasteiger partial charge in [-0.3, -0.25) is 14.3 Å². The van der Waals surface area contributed by atoms with Crippen LogP contribution in [0.4, 0.5) is 0 Å². The Morgan fingerprint density at radius 3 is 2.55 bits per heavy atom. The van der Waals surface area contributed by atoms with Crippen LogP contribution in [0.3, 0.4) is 0 Å². The van der Waals surface area contributed by atoms with Gasteiger partial charge in [0.25, 0.3) is 5.91 Å². The Morgan fingerprint density at radius 2 is 2.00 bits per heavy atom. The summed E-state index contributed by atoms with van der Waals surface area (Å²) in [5.74, 6) is 0.461. The number of aryl methyl sites for hydroxylation is 1. The molecule has 1 saturated heterocycles. The normalized spacial score (nSPS) is 18.8. The molecule has 2 amide bonds. The van der Waals surface area contributed by atoms with E-state index in [1.54, 1.807) is 11.0 Å². The van der Waals surface area contributed by atoms with Crippen LogP contribution in [-0.2, 0) is 18.3 Å². The Morgan fingerprint density at radius 1 is 1.28 bits per heavy atom. The molecule has 1 saturated carbocycles. The van der Waals surface area contributed by atoms with Gasteiger partial charge >= 0.3 is 0 Å². The molecule has 8 heteroatoms. The van der Waals surface area contributed by atoms with E-state index in [1.807, 2.05) is 35.0 Å². The zero-order valence-electron chi connectivity index (χ0n) is 17.5. The Labute approximate surface area is 171 Å². The van der Waals surface area contributed by atoms with E-state index in [0.29, 0.717) is 18.0 Å². The molecule has 1 N–H and O–H groups in total. The number of amides is 2. The van der Waals surface area contributed by atoms with Crippen molar-refractivity contribution in [1.82, 2.24) is 29.5 Å². The second kappa shape index (κ2) is 7.65. The largest absolute Gasteiger partial charge is 0.345 e. The highest BCUT2D eigenvalue weighted by Gasteiger charge is 2.51. The van der Waals surface area contributed by atoms with Gasteiger partial charge in [0, 0.05) is 44.1 Å². The minimum absolute atomic E-state index is 0.0874. The summed E-state index contributed by atoms with van der Waals surface area (Å²) in [5, 5.41) is 7.56. The van der Waals surface area contributed by atoms with Crippen molar-refractivity contribution in [3.8, 4) is 0 Å². The average Bonchev–Trinajstić information content (AvgIpc) is 3.11. The zero-order valence-corrected chi connectivity index (χ0v) is 17.5. The molecule has 2 aromatic rings. The first kappa shape index (κ1) is 19.7. The lowest BCUT2D eigenvalue weighted by molar-refractivity contribution is -0.132. The van der Waals surface area contributed by atoms with Gasteiger partial charge < -0.3 is 14.8 Å². The van der Waals surface area contributed by atoms with Crippen LogP contribution in [0.1, 0.15) is 61.8 Å². The van der Waals surface area contributed by atoms with Crippen molar-refractivity contribution in [3.63, 3.8) is 0 Å². The molecule has 156 valence electrons. The lowest BCUT2D eigenvalue weighted by Crippen LogP contribution is -2.48. The summed E-state index contributed by atoms with van der Waals surface area (Å²) in [6.07, 6.45) is 9.61. The van der Waals surface area contributed by atoms with Gasteiger partial charge in [0.1, 0.15) is 5.69 Å². The number of carbonyl (C=O) groups is 2. The van der Waals surface area contributed by atoms with Crippen molar-refractivity contribution in [3.05, 3.63) is 36.2 Å². The Balaban J connectivity index is 1.30. The fourth-order valence-corrected chi connectivity index (χ4v) is 4.30. The number of likely N-dealkylation sites (tertiary alicyclic amines) is 1. The number of carbonyl (C=O) groups excluding carboxylic acids is 2. The average molecular weight is 399 g/mol. The summed E-state index contributed by atoms with van der Waals surface area (Å²) in [6.45, 7) is 5.62. The number of nitrogens with one attached hydrogen (secondary N) is 1. The standard InChI is InChI=1S/C21H30N6O2/c1-15(2)27-13-18(22-14-27)20(29)23-21(7-8-21)16-4-10-26(11-5-16)19(28)12-17-6-9-25(3)24-17/h6,9,13-16H,4-5,7-8,10-12H2,1-3H3,(H,23,29). The van der Waals surface area contributed by atoms with Crippen LogP contribution >= 0.6 is 0 Å². The van der Waals surface area contributed by atoms with E-state index in [2.05, 4.69) is 29.2 Å². The quantitative estimate of drug-likeness (QED) is 0.806. The number of piperidine rings is 1. The third-order valence-corrected chi connectivity index (χ3v) is 6.31. The molecule has 0 unspecified atom stereocenters. The van der Waals surface area contributed by atoms with Crippen molar-refractivity contribution >= 4 is 11.8 Å². The van der Waals surface area contributed by atoms with Crippen LogP contribution in [0, 0.1) is 5.92 Å². The number of imidazole rings is 1. The molecule has 1 aliphatic carbocycles. The second-order valence-corrected chi connectivity index (χ2v) is 8.72. The van der Waals surface area contributed by atoms with Crippen LogP contribution in [0.5, 0.6) is 0 Å². The van der Waals surface area contributed by atoms with Crippen molar-refractivity contribution in [2.45, 2.75) is 57.5 Å². The summed E-state index contributed by atoms with van der Waals surface area (Å²) >= 11 is 0. The molecular formula is C21H30N6O2. The van der Waals surface area contributed by atoms with Gasteiger partial charge in [-0.2, -0.15) is 5.10 Å². The molecule has 3 heterocycles. The number of hydrogen-bond acceptors (Lipinski definition) is 4. The molecule has 1 aliphatic heterocycles. The summed E-state index contributed by atoms with van der Waals surface area (Å²) in [7, 11) is 1.86. The SMILES string of the molecule is CC(C)n1cnc(C(=O)NC2(C3CCN(C(=O)Cc4ccn(C)n4)CC3)CC2)c1. The van der Waals surface area contributed by atoms with Crippen LogP contribution in [-0.4, -0.2) is 54.7 Å². The van der Waals surface area contributed by atoms with Gasteiger partial charge in [-0.1, -0.05) is 0 Å². The third kappa shape index (κ3) is 4.21. The number of hydrogen-bond donors (Lipinski definition) is 1. The molecule has 4 rings (SSSR count). The molecule has 0 atom stereocenters. The third-order valence-electron chi connectivity index (χ3n) is 6.31. The minimum Gasteiger partial charge on any atom is -0.345 e. The molecular weight excluding hydrogens is 368 g/mol. The molecule has 2 aromatic heterocycles. The van der Waals surface area contributed by atoms with Crippen molar-refractivity contribution < 1.29 is 9.59 Å².